The molecule has 2 aromatic rings. The molecule has 0 saturated carbocycles. The summed E-state index contributed by atoms with van der Waals surface area (Å²) in [6.07, 6.45) is 2.06. The van der Waals surface area contributed by atoms with E-state index < -0.39 is 17.9 Å². The third kappa shape index (κ3) is 2.75. The second kappa shape index (κ2) is 6.68. The number of benzene rings is 1. The maximum absolute atomic E-state index is 12.9. The molecule has 1 aromatic heterocycles. The van der Waals surface area contributed by atoms with Crippen molar-refractivity contribution in [1.82, 2.24) is 15.2 Å². The lowest BCUT2D eigenvalue weighted by Gasteiger charge is -2.32. The van der Waals surface area contributed by atoms with E-state index in [1.165, 1.54) is 6.08 Å². The van der Waals surface area contributed by atoms with Gasteiger partial charge < -0.3 is 20.5 Å². The first-order chi connectivity index (χ1) is 13.0. The van der Waals surface area contributed by atoms with Crippen molar-refractivity contribution in [2.75, 3.05) is 13.1 Å². The summed E-state index contributed by atoms with van der Waals surface area (Å²) in [5.74, 6) is -1.12. The first kappa shape index (κ1) is 17.5. The Morgan fingerprint density at radius 3 is 2.89 bits per heavy atom. The average molecular weight is 367 g/mol. The van der Waals surface area contributed by atoms with Crippen LogP contribution in [0.5, 0.6) is 0 Å². The van der Waals surface area contributed by atoms with Crippen LogP contribution in [-0.2, 0) is 22.6 Å². The monoisotopic (exact) mass is 367 g/mol. The van der Waals surface area contributed by atoms with Gasteiger partial charge in [0.05, 0.1) is 24.6 Å². The van der Waals surface area contributed by atoms with E-state index >= 15 is 0 Å². The van der Waals surface area contributed by atoms with Gasteiger partial charge in [0, 0.05) is 29.7 Å². The number of amides is 2. The Hall–Kier alpha value is -2.90. The molecule has 140 valence electrons. The molecule has 0 radical (unpaired) electrons. The number of fused-ring (bicyclic) bond motifs is 3. The minimum atomic E-state index is -0.522. The zero-order chi connectivity index (χ0) is 19.1. The summed E-state index contributed by atoms with van der Waals surface area (Å²) in [6, 6.07) is 5.17. The Balaban J connectivity index is 1.82. The third-order valence-electron chi connectivity index (χ3n) is 5.20. The van der Waals surface area contributed by atoms with Crippen LogP contribution in [0.1, 0.15) is 29.3 Å². The smallest absolute Gasteiger partial charge is 0.262 e. The summed E-state index contributed by atoms with van der Waals surface area (Å²) < 4.78 is 0. The van der Waals surface area contributed by atoms with Gasteiger partial charge in [-0.1, -0.05) is 12.1 Å². The van der Waals surface area contributed by atoms with Crippen LogP contribution in [0.15, 0.2) is 42.2 Å². The summed E-state index contributed by atoms with van der Waals surface area (Å²) in [7, 11) is 0. The van der Waals surface area contributed by atoms with E-state index in [0.29, 0.717) is 6.54 Å². The Bertz CT molecular complexity index is 989. The topological polar surface area (TPSA) is 106 Å². The van der Waals surface area contributed by atoms with E-state index in [-0.39, 0.29) is 30.9 Å². The summed E-state index contributed by atoms with van der Waals surface area (Å²) in [4.78, 5) is 29.5. The SMILES string of the molecule is C=CCN1C(=O)CC(O)=C(C2NCCc3c2[nH]c2ccc(CO)cc32)C1=O. The molecular formula is C20H21N3O4. The van der Waals surface area contributed by atoms with Crippen LogP contribution in [-0.4, -0.2) is 45.0 Å². The Kier molecular flexibility index (Phi) is 4.33. The highest BCUT2D eigenvalue weighted by Crippen LogP contribution is 2.37. The van der Waals surface area contributed by atoms with Gasteiger partial charge in [0.1, 0.15) is 5.76 Å². The van der Waals surface area contributed by atoms with Gasteiger partial charge in [0.15, 0.2) is 0 Å². The number of H-pyrrole nitrogens is 1. The molecule has 2 aliphatic heterocycles. The number of aliphatic hydroxyl groups excluding tert-OH is 2. The number of aliphatic hydroxyl groups is 2. The number of carbonyl (C=O) groups is 2. The minimum Gasteiger partial charge on any atom is -0.511 e. The molecule has 2 aliphatic rings. The van der Waals surface area contributed by atoms with Crippen LogP contribution in [0.25, 0.3) is 10.9 Å². The van der Waals surface area contributed by atoms with Crippen molar-refractivity contribution >= 4 is 22.7 Å². The van der Waals surface area contributed by atoms with Gasteiger partial charge in [-0.3, -0.25) is 14.5 Å². The third-order valence-corrected chi connectivity index (χ3v) is 5.20. The number of rotatable bonds is 4. The lowest BCUT2D eigenvalue weighted by Crippen LogP contribution is -2.46. The molecule has 0 saturated heterocycles. The second-order valence-corrected chi connectivity index (χ2v) is 6.83. The molecule has 1 atom stereocenters. The molecule has 27 heavy (non-hydrogen) atoms. The van der Waals surface area contributed by atoms with Crippen molar-refractivity contribution in [3.05, 3.63) is 59.0 Å². The quantitative estimate of drug-likeness (QED) is 0.485. The number of carbonyl (C=O) groups excluding carboxylic acids is 2. The Morgan fingerprint density at radius 1 is 1.33 bits per heavy atom. The van der Waals surface area contributed by atoms with Crippen LogP contribution in [0.3, 0.4) is 0 Å². The van der Waals surface area contributed by atoms with Gasteiger partial charge in [-0.15, -0.1) is 6.58 Å². The standard InChI is InChI=1S/C20H21N3O4/c1-2-7-23-16(26)9-15(25)17(20(23)27)19-18-12(5-6-21-19)13-8-11(10-24)3-4-14(13)22-18/h2-4,8,19,21-22,24-25H,1,5-7,9-10H2. The van der Waals surface area contributed by atoms with E-state index in [0.717, 1.165) is 39.0 Å². The summed E-state index contributed by atoms with van der Waals surface area (Å²) >= 11 is 0. The zero-order valence-corrected chi connectivity index (χ0v) is 14.8. The molecule has 1 unspecified atom stereocenters. The van der Waals surface area contributed by atoms with E-state index in [9.17, 15) is 19.8 Å². The van der Waals surface area contributed by atoms with Crippen LogP contribution in [0, 0.1) is 0 Å². The van der Waals surface area contributed by atoms with E-state index in [4.69, 9.17) is 0 Å². The van der Waals surface area contributed by atoms with Gasteiger partial charge in [-0.2, -0.15) is 0 Å². The molecule has 0 fully saturated rings. The number of nitrogens with one attached hydrogen (secondary N) is 2. The fraction of sp³-hybridized carbons (Fsp3) is 0.300. The molecule has 0 aliphatic carbocycles. The maximum atomic E-state index is 12.9. The van der Waals surface area contributed by atoms with Crippen molar-refractivity contribution in [2.45, 2.75) is 25.5 Å². The van der Waals surface area contributed by atoms with Crippen molar-refractivity contribution in [3.8, 4) is 0 Å². The van der Waals surface area contributed by atoms with E-state index in [1.807, 2.05) is 18.2 Å². The molecule has 4 N–H and O–H groups in total. The predicted molar refractivity (Wildman–Crippen MR) is 99.9 cm³/mol. The molecule has 7 nitrogen and oxygen atoms in total. The number of hydrogen-bond donors (Lipinski definition) is 4. The molecule has 0 spiro atoms. The van der Waals surface area contributed by atoms with E-state index in [2.05, 4.69) is 16.9 Å². The van der Waals surface area contributed by atoms with Crippen molar-refractivity contribution in [1.29, 1.82) is 0 Å². The second-order valence-electron chi connectivity index (χ2n) is 6.83. The number of hydrogen-bond acceptors (Lipinski definition) is 5. The van der Waals surface area contributed by atoms with Gasteiger partial charge in [0.25, 0.3) is 5.91 Å². The largest absolute Gasteiger partial charge is 0.511 e. The van der Waals surface area contributed by atoms with Gasteiger partial charge in [0.2, 0.25) is 5.91 Å². The number of nitrogens with zero attached hydrogens (tertiary/aromatic N) is 1. The van der Waals surface area contributed by atoms with Crippen LogP contribution >= 0.6 is 0 Å². The van der Waals surface area contributed by atoms with Crippen molar-refractivity contribution in [2.24, 2.45) is 0 Å². The number of imide groups is 1. The van der Waals surface area contributed by atoms with Crippen molar-refractivity contribution < 1.29 is 19.8 Å². The van der Waals surface area contributed by atoms with Gasteiger partial charge in [-0.25, -0.2) is 0 Å². The summed E-state index contributed by atoms with van der Waals surface area (Å²) in [5, 5.41) is 24.1. The lowest BCUT2D eigenvalue weighted by atomic mass is 9.90. The number of aromatic amines is 1. The summed E-state index contributed by atoms with van der Waals surface area (Å²) in [6.45, 7) is 4.30. The molecule has 2 amide bonds. The average Bonchev–Trinajstić information content (AvgIpc) is 3.03. The fourth-order valence-electron chi connectivity index (χ4n) is 3.94. The first-order valence-corrected chi connectivity index (χ1v) is 8.90. The fourth-order valence-corrected chi connectivity index (χ4v) is 3.94. The van der Waals surface area contributed by atoms with Crippen LogP contribution in [0.4, 0.5) is 0 Å². The molecular weight excluding hydrogens is 346 g/mol. The zero-order valence-electron chi connectivity index (χ0n) is 14.8. The number of aromatic nitrogens is 1. The van der Waals surface area contributed by atoms with Gasteiger partial charge in [-0.05, 0) is 29.7 Å². The molecule has 4 rings (SSSR count). The minimum absolute atomic E-state index is 0.0410. The summed E-state index contributed by atoms with van der Waals surface area (Å²) in [5.41, 5.74) is 3.80. The first-order valence-electron chi connectivity index (χ1n) is 8.90. The normalized spacial score (nSPS) is 20.3. The molecule has 0 bridgehead atoms. The van der Waals surface area contributed by atoms with Crippen molar-refractivity contribution in [3.63, 3.8) is 0 Å². The Morgan fingerprint density at radius 2 is 2.15 bits per heavy atom. The highest BCUT2D eigenvalue weighted by Gasteiger charge is 2.39. The molecule has 1 aromatic carbocycles. The highest BCUT2D eigenvalue weighted by atomic mass is 16.3. The van der Waals surface area contributed by atoms with Crippen LogP contribution < -0.4 is 5.32 Å². The lowest BCUT2D eigenvalue weighted by molar-refractivity contribution is -0.143. The Labute approximate surface area is 156 Å². The highest BCUT2D eigenvalue weighted by molar-refractivity contribution is 6.09. The molecule has 7 heteroatoms. The molecule has 3 heterocycles. The maximum Gasteiger partial charge on any atom is 0.262 e. The predicted octanol–water partition coefficient (Wildman–Crippen LogP) is 1.60. The van der Waals surface area contributed by atoms with E-state index in [1.54, 1.807) is 0 Å². The van der Waals surface area contributed by atoms with Gasteiger partial charge >= 0.3 is 0 Å². The van der Waals surface area contributed by atoms with Crippen LogP contribution in [0.2, 0.25) is 0 Å².